The first-order valence-corrected chi connectivity index (χ1v) is 8.24. The number of aryl methyl sites for hydroxylation is 3. The van der Waals surface area contributed by atoms with Gasteiger partial charge < -0.3 is 0 Å². The molecule has 0 saturated heterocycles. The van der Waals surface area contributed by atoms with Crippen molar-refractivity contribution in [2.75, 3.05) is 0 Å². The molecule has 0 unspecified atom stereocenters. The summed E-state index contributed by atoms with van der Waals surface area (Å²) in [7, 11) is 0. The maximum absolute atomic E-state index is 12.5. The molecular formula is C20H19F3O. The summed E-state index contributed by atoms with van der Waals surface area (Å²) >= 11 is 0. The number of fused-ring (bicyclic) bond motifs is 1. The predicted molar refractivity (Wildman–Crippen MR) is 87.2 cm³/mol. The SMILES string of the molecule is O=C(CCc1ccc(C(F)(F)F)cc1)c1ccc2c(c1)CCCC2. The molecule has 3 rings (SSSR count). The van der Waals surface area contributed by atoms with E-state index in [0.29, 0.717) is 18.4 Å². The number of benzene rings is 2. The Bertz CT molecular complexity index is 730. The molecule has 0 amide bonds. The summed E-state index contributed by atoms with van der Waals surface area (Å²) in [6.45, 7) is 0. The Kier molecular flexibility index (Phi) is 4.74. The molecule has 24 heavy (non-hydrogen) atoms. The zero-order chi connectivity index (χ0) is 17.2. The third-order valence-corrected chi connectivity index (χ3v) is 4.59. The van der Waals surface area contributed by atoms with Crippen LogP contribution in [-0.4, -0.2) is 5.78 Å². The van der Waals surface area contributed by atoms with Gasteiger partial charge >= 0.3 is 6.18 Å². The summed E-state index contributed by atoms with van der Waals surface area (Å²) in [5, 5.41) is 0. The fourth-order valence-corrected chi connectivity index (χ4v) is 3.17. The predicted octanol–water partition coefficient (Wildman–Crippen LogP) is 5.40. The topological polar surface area (TPSA) is 17.1 Å². The molecule has 4 heteroatoms. The van der Waals surface area contributed by atoms with Crippen molar-refractivity contribution >= 4 is 5.78 Å². The van der Waals surface area contributed by atoms with E-state index in [1.807, 2.05) is 18.2 Å². The first-order valence-electron chi connectivity index (χ1n) is 8.24. The fourth-order valence-electron chi connectivity index (χ4n) is 3.17. The standard InChI is InChI=1S/C20H19F3O/c21-20(22,23)18-10-5-14(6-11-18)7-12-19(24)17-9-8-15-3-1-2-4-16(15)13-17/h5-6,8-11,13H,1-4,7,12H2. The van der Waals surface area contributed by atoms with Gasteiger partial charge in [-0.3, -0.25) is 4.79 Å². The van der Waals surface area contributed by atoms with Crippen LogP contribution in [0.1, 0.15) is 51.9 Å². The first-order chi connectivity index (χ1) is 11.4. The second-order valence-electron chi connectivity index (χ2n) is 6.31. The van der Waals surface area contributed by atoms with Gasteiger partial charge in [-0.2, -0.15) is 13.2 Å². The normalized spacial score (nSPS) is 14.3. The van der Waals surface area contributed by atoms with Crippen LogP contribution >= 0.6 is 0 Å². The lowest BCUT2D eigenvalue weighted by atomic mass is 9.89. The second-order valence-corrected chi connectivity index (χ2v) is 6.31. The second kappa shape index (κ2) is 6.80. The van der Waals surface area contributed by atoms with Gasteiger partial charge in [-0.1, -0.05) is 24.3 Å². The third-order valence-electron chi connectivity index (χ3n) is 4.59. The van der Waals surface area contributed by atoms with Crippen LogP contribution in [0.3, 0.4) is 0 Å². The molecule has 2 aromatic rings. The van der Waals surface area contributed by atoms with Gasteiger partial charge in [0.05, 0.1) is 5.56 Å². The van der Waals surface area contributed by atoms with E-state index in [4.69, 9.17) is 0 Å². The Labute approximate surface area is 139 Å². The van der Waals surface area contributed by atoms with Crippen molar-refractivity contribution in [1.29, 1.82) is 0 Å². The van der Waals surface area contributed by atoms with Gasteiger partial charge in [0.1, 0.15) is 0 Å². The maximum atomic E-state index is 12.5. The Morgan fingerprint density at radius 1 is 0.917 bits per heavy atom. The van der Waals surface area contributed by atoms with Crippen molar-refractivity contribution in [3.05, 3.63) is 70.3 Å². The van der Waals surface area contributed by atoms with E-state index in [2.05, 4.69) is 0 Å². The molecule has 0 aliphatic heterocycles. The van der Waals surface area contributed by atoms with Gasteiger partial charge in [0.15, 0.2) is 5.78 Å². The lowest BCUT2D eigenvalue weighted by Crippen LogP contribution is -2.07. The molecule has 2 aromatic carbocycles. The van der Waals surface area contributed by atoms with E-state index >= 15 is 0 Å². The quantitative estimate of drug-likeness (QED) is 0.685. The summed E-state index contributed by atoms with van der Waals surface area (Å²) in [6, 6.07) is 10.9. The molecule has 0 spiro atoms. The van der Waals surface area contributed by atoms with Gasteiger partial charge in [0.2, 0.25) is 0 Å². The largest absolute Gasteiger partial charge is 0.416 e. The van der Waals surface area contributed by atoms with Crippen molar-refractivity contribution in [2.45, 2.75) is 44.7 Å². The number of rotatable bonds is 4. The van der Waals surface area contributed by atoms with Crippen molar-refractivity contribution in [3.8, 4) is 0 Å². The van der Waals surface area contributed by atoms with Crippen molar-refractivity contribution < 1.29 is 18.0 Å². The van der Waals surface area contributed by atoms with Crippen LogP contribution in [0.25, 0.3) is 0 Å². The number of Topliss-reactive ketones (excluding diaryl/α,β-unsaturated/α-hetero) is 1. The highest BCUT2D eigenvalue weighted by atomic mass is 19.4. The van der Waals surface area contributed by atoms with Crippen LogP contribution in [0, 0.1) is 0 Å². The van der Waals surface area contributed by atoms with Crippen molar-refractivity contribution in [1.82, 2.24) is 0 Å². The molecule has 0 N–H and O–H groups in total. The molecule has 1 nitrogen and oxygen atoms in total. The monoisotopic (exact) mass is 332 g/mol. The van der Waals surface area contributed by atoms with E-state index < -0.39 is 11.7 Å². The summed E-state index contributed by atoms with van der Waals surface area (Å²) in [6.07, 6.45) is 0.908. The Hall–Kier alpha value is -2.10. The number of ketones is 1. The summed E-state index contributed by atoms with van der Waals surface area (Å²) in [4.78, 5) is 12.3. The van der Waals surface area contributed by atoms with Gasteiger partial charge in [0.25, 0.3) is 0 Å². The minimum Gasteiger partial charge on any atom is -0.294 e. The Morgan fingerprint density at radius 3 is 2.25 bits per heavy atom. The van der Waals surface area contributed by atoms with E-state index in [9.17, 15) is 18.0 Å². The number of carbonyl (C=O) groups excluding carboxylic acids is 1. The fraction of sp³-hybridized carbons (Fsp3) is 0.350. The highest BCUT2D eigenvalue weighted by molar-refractivity contribution is 5.96. The van der Waals surface area contributed by atoms with E-state index in [0.717, 1.165) is 37.0 Å². The molecular weight excluding hydrogens is 313 g/mol. The average Bonchev–Trinajstić information content (AvgIpc) is 2.59. The van der Waals surface area contributed by atoms with Crippen molar-refractivity contribution in [3.63, 3.8) is 0 Å². The molecule has 0 atom stereocenters. The lowest BCUT2D eigenvalue weighted by molar-refractivity contribution is -0.137. The number of hydrogen-bond donors (Lipinski definition) is 0. The van der Waals surface area contributed by atoms with Gasteiger partial charge in [0, 0.05) is 12.0 Å². The zero-order valence-corrected chi connectivity index (χ0v) is 13.3. The first kappa shape index (κ1) is 16.7. The van der Waals surface area contributed by atoms with Crippen LogP contribution in [0.15, 0.2) is 42.5 Å². The van der Waals surface area contributed by atoms with Crippen LogP contribution in [-0.2, 0) is 25.4 Å². The third kappa shape index (κ3) is 3.86. The maximum Gasteiger partial charge on any atom is 0.416 e. The molecule has 0 fully saturated rings. The lowest BCUT2D eigenvalue weighted by Gasteiger charge is -2.16. The molecule has 1 aliphatic carbocycles. The van der Waals surface area contributed by atoms with Gasteiger partial charge in [-0.05, 0) is 67.0 Å². The van der Waals surface area contributed by atoms with Crippen LogP contribution in [0.2, 0.25) is 0 Å². The van der Waals surface area contributed by atoms with Gasteiger partial charge in [-0.15, -0.1) is 0 Å². The Morgan fingerprint density at radius 2 is 1.58 bits per heavy atom. The van der Waals surface area contributed by atoms with E-state index in [1.54, 1.807) is 0 Å². The Balaban J connectivity index is 1.63. The minimum atomic E-state index is -4.32. The number of hydrogen-bond acceptors (Lipinski definition) is 1. The number of carbonyl (C=O) groups is 1. The van der Waals surface area contributed by atoms with Gasteiger partial charge in [-0.25, -0.2) is 0 Å². The smallest absolute Gasteiger partial charge is 0.294 e. The highest BCUT2D eigenvalue weighted by Gasteiger charge is 2.29. The molecule has 0 aromatic heterocycles. The minimum absolute atomic E-state index is 0.0447. The van der Waals surface area contributed by atoms with Crippen LogP contribution in [0.5, 0.6) is 0 Å². The molecule has 0 bridgehead atoms. The highest BCUT2D eigenvalue weighted by Crippen LogP contribution is 2.29. The number of halogens is 3. The van der Waals surface area contributed by atoms with Crippen LogP contribution in [0.4, 0.5) is 13.2 Å². The molecule has 0 saturated carbocycles. The summed E-state index contributed by atoms with van der Waals surface area (Å²) < 4.78 is 37.6. The summed E-state index contributed by atoms with van der Waals surface area (Å²) in [5.41, 5.74) is 3.39. The molecule has 0 radical (unpaired) electrons. The summed E-state index contributed by atoms with van der Waals surface area (Å²) in [5.74, 6) is 0.0447. The average molecular weight is 332 g/mol. The number of alkyl halides is 3. The zero-order valence-electron chi connectivity index (χ0n) is 13.3. The van der Waals surface area contributed by atoms with E-state index in [1.165, 1.54) is 29.7 Å². The van der Waals surface area contributed by atoms with E-state index in [-0.39, 0.29) is 5.78 Å². The molecule has 0 heterocycles. The van der Waals surface area contributed by atoms with Crippen molar-refractivity contribution in [2.24, 2.45) is 0 Å². The molecule has 1 aliphatic rings. The molecule has 126 valence electrons. The van der Waals surface area contributed by atoms with Crippen LogP contribution < -0.4 is 0 Å².